The van der Waals surface area contributed by atoms with Crippen LogP contribution in [-0.2, 0) is 11.3 Å². The molecule has 4 aromatic rings. The molecule has 2 aromatic carbocycles. The number of furan rings is 1. The van der Waals surface area contributed by atoms with Gasteiger partial charge in [0.1, 0.15) is 11.3 Å². The van der Waals surface area contributed by atoms with E-state index in [-0.39, 0.29) is 23.9 Å². The number of methoxy groups -OCH3 is 1. The first-order valence-corrected chi connectivity index (χ1v) is 18.9. The van der Waals surface area contributed by atoms with Crippen molar-refractivity contribution in [1.82, 2.24) is 14.4 Å². The topological polar surface area (TPSA) is 101 Å². The number of carboxylic acid groups (broad SMARTS) is 1. The Morgan fingerprint density at radius 3 is 2.45 bits per heavy atom. The van der Waals surface area contributed by atoms with Crippen molar-refractivity contribution in [2.45, 2.75) is 103 Å². The fraction of sp³-hybridized carbons (Fsp3) is 0.561. The second-order valence-corrected chi connectivity index (χ2v) is 16.3. The van der Waals surface area contributed by atoms with Crippen molar-refractivity contribution in [3.05, 3.63) is 47.5 Å². The number of piperidine rings is 2. The summed E-state index contributed by atoms with van der Waals surface area (Å²) in [5.41, 5.74) is 5.05. The summed E-state index contributed by atoms with van der Waals surface area (Å²) in [6.45, 7) is 14.2. The first-order chi connectivity index (χ1) is 24.5. The third kappa shape index (κ3) is 5.93. The van der Waals surface area contributed by atoms with Crippen LogP contribution in [0.25, 0.3) is 33.3 Å². The fourth-order valence-electron chi connectivity index (χ4n) is 9.38. The second kappa shape index (κ2) is 12.8. The predicted octanol–water partition coefficient (Wildman–Crippen LogP) is 8.17. The number of hydrogen-bond acceptors (Lipinski definition) is 6. The van der Waals surface area contributed by atoms with E-state index in [0.717, 1.165) is 74.3 Å². The Balaban J connectivity index is 1.14. The van der Waals surface area contributed by atoms with E-state index in [1.165, 1.54) is 29.4 Å². The Morgan fingerprint density at radius 2 is 1.78 bits per heavy atom. The van der Waals surface area contributed by atoms with Gasteiger partial charge in [-0.05, 0) is 115 Å². The minimum absolute atomic E-state index is 0.108. The van der Waals surface area contributed by atoms with Gasteiger partial charge in [0.15, 0.2) is 5.76 Å². The van der Waals surface area contributed by atoms with Crippen LogP contribution in [0.4, 0.5) is 10.5 Å². The largest absolute Gasteiger partial charge is 0.496 e. The van der Waals surface area contributed by atoms with Gasteiger partial charge in [-0.15, -0.1) is 0 Å². The third-order valence-corrected chi connectivity index (χ3v) is 12.0. The molecule has 10 nitrogen and oxygen atoms in total. The van der Waals surface area contributed by atoms with Crippen LogP contribution in [0.3, 0.4) is 0 Å². The highest BCUT2D eigenvalue weighted by molar-refractivity contribution is 6.02. The number of nitrogens with zero attached hydrogens (tertiary/aromatic N) is 4. The molecular weight excluding hydrogens is 644 g/mol. The van der Waals surface area contributed by atoms with Gasteiger partial charge in [-0.25, -0.2) is 4.79 Å². The molecule has 4 aliphatic rings. The van der Waals surface area contributed by atoms with Gasteiger partial charge in [0.25, 0.3) is 5.91 Å². The monoisotopic (exact) mass is 696 g/mol. The van der Waals surface area contributed by atoms with Gasteiger partial charge in [0.05, 0.1) is 41.9 Å². The Bertz CT molecular complexity index is 1980. The smallest absolute Gasteiger partial charge is 0.408 e. The molecule has 1 N–H and O–H groups in total. The molecule has 2 saturated heterocycles. The zero-order valence-corrected chi connectivity index (χ0v) is 30.9. The molecule has 2 aliphatic heterocycles. The van der Waals surface area contributed by atoms with E-state index in [0.29, 0.717) is 35.5 Å². The van der Waals surface area contributed by atoms with Crippen LogP contribution in [0.1, 0.15) is 82.1 Å². The molecule has 10 heteroatoms. The van der Waals surface area contributed by atoms with Crippen molar-refractivity contribution in [2.75, 3.05) is 38.3 Å². The number of rotatable bonds is 9. The first-order valence-electron chi connectivity index (χ1n) is 18.9. The molecule has 2 amide bonds. The maximum atomic E-state index is 14.3. The quantitative estimate of drug-likeness (QED) is 0.188. The van der Waals surface area contributed by atoms with Crippen LogP contribution in [0.15, 0.2) is 40.8 Å². The average molecular weight is 697 g/mol. The zero-order chi connectivity index (χ0) is 35.8. The molecule has 272 valence electrons. The van der Waals surface area contributed by atoms with Gasteiger partial charge in [0.2, 0.25) is 0 Å². The van der Waals surface area contributed by atoms with Crippen LogP contribution in [0, 0.1) is 18.8 Å². The molecule has 2 aromatic heterocycles. The number of ether oxygens (including phenoxy) is 2. The van der Waals surface area contributed by atoms with Crippen LogP contribution in [0.5, 0.6) is 5.75 Å². The molecule has 0 spiro atoms. The van der Waals surface area contributed by atoms with Crippen molar-refractivity contribution in [3.63, 3.8) is 0 Å². The van der Waals surface area contributed by atoms with Crippen molar-refractivity contribution < 1.29 is 28.6 Å². The van der Waals surface area contributed by atoms with Crippen molar-refractivity contribution >= 4 is 39.6 Å². The van der Waals surface area contributed by atoms with E-state index in [1.807, 2.05) is 37.8 Å². The van der Waals surface area contributed by atoms with Crippen LogP contribution >= 0.6 is 0 Å². The molecule has 4 heterocycles. The van der Waals surface area contributed by atoms with E-state index >= 15 is 0 Å². The van der Waals surface area contributed by atoms with Crippen molar-refractivity contribution in [1.29, 1.82) is 0 Å². The average Bonchev–Trinajstić information content (AvgIpc) is 3.43. The van der Waals surface area contributed by atoms with E-state index in [1.54, 1.807) is 12.0 Å². The lowest BCUT2D eigenvalue weighted by Gasteiger charge is -2.40. The maximum absolute atomic E-state index is 14.3. The molecule has 2 unspecified atom stereocenters. The summed E-state index contributed by atoms with van der Waals surface area (Å²) < 4.78 is 21.0. The van der Waals surface area contributed by atoms with E-state index in [9.17, 15) is 14.7 Å². The van der Waals surface area contributed by atoms with Gasteiger partial charge in [-0.3, -0.25) is 9.69 Å². The number of aromatic nitrogens is 1. The van der Waals surface area contributed by atoms with E-state index in [4.69, 9.17) is 13.9 Å². The highest BCUT2D eigenvalue weighted by atomic mass is 16.5. The summed E-state index contributed by atoms with van der Waals surface area (Å²) in [7, 11) is 1.64. The predicted molar refractivity (Wildman–Crippen MR) is 199 cm³/mol. The number of carbonyl (C=O) groups is 2. The second-order valence-electron chi connectivity index (χ2n) is 16.3. The lowest BCUT2D eigenvalue weighted by atomic mass is 9.98. The number of anilines is 1. The number of likely N-dealkylation sites (tertiary alicyclic amines) is 1. The van der Waals surface area contributed by atoms with E-state index < -0.39 is 11.6 Å². The fourth-order valence-corrected chi connectivity index (χ4v) is 9.38. The van der Waals surface area contributed by atoms with E-state index in [2.05, 4.69) is 47.6 Å². The highest BCUT2D eigenvalue weighted by Crippen LogP contribution is 2.46. The molecule has 2 saturated carbocycles. The number of fused-ring (bicyclic) bond motifs is 4. The normalized spacial score (nSPS) is 22.4. The Morgan fingerprint density at radius 1 is 1.02 bits per heavy atom. The number of amides is 2. The van der Waals surface area contributed by atoms with Crippen molar-refractivity contribution in [2.24, 2.45) is 11.8 Å². The Kier molecular flexibility index (Phi) is 8.51. The number of hydrogen-bond donors (Lipinski definition) is 1. The summed E-state index contributed by atoms with van der Waals surface area (Å²) in [5, 5.41) is 12.2. The minimum atomic E-state index is -0.933. The summed E-state index contributed by atoms with van der Waals surface area (Å²) in [6.07, 6.45) is 5.70. The maximum Gasteiger partial charge on any atom is 0.408 e. The molecule has 4 fully saturated rings. The summed E-state index contributed by atoms with van der Waals surface area (Å²) in [4.78, 5) is 32.6. The number of aryl methyl sites for hydroxylation is 1. The van der Waals surface area contributed by atoms with Crippen LogP contribution < -0.4 is 9.64 Å². The third-order valence-electron chi connectivity index (χ3n) is 12.0. The molecule has 8 rings (SSSR count). The van der Waals surface area contributed by atoms with Gasteiger partial charge >= 0.3 is 6.09 Å². The molecular formula is C41H52N4O6. The molecule has 2 aliphatic carbocycles. The molecule has 0 radical (unpaired) electrons. The van der Waals surface area contributed by atoms with Crippen LogP contribution in [0.2, 0.25) is 0 Å². The summed E-state index contributed by atoms with van der Waals surface area (Å²) in [6, 6.07) is 12.4. The standard InChI is InChI=1S/C41H52N4O6/c1-7-50-30-14-16-42(17-15-30)29-12-10-26-18-33(43(32(26)21-29)22-25-8-9-25)38-24(2)36-34(49-6)19-28(20-35(36)51-38)39(46)44-23-27-11-13-31(44)37(27)45(40(47)48)41(3,4)5/h10,12,18-21,25,27,30-31,37H,7-9,11,13-17,22-23H2,1-6H3,(H,47,48)/t27?,31?,37-/m1/s1. The number of benzene rings is 2. The first kappa shape index (κ1) is 33.9. The summed E-state index contributed by atoms with van der Waals surface area (Å²) >= 11 is 0. The molecule has 51 heavy (non-hydrogen) atoms. The van der Waals surface area contributed by atoms with Crippen molar-refractivity contribution in [3.8, 4) is 17.2 Å². The van der Waals surface area contributed by atoms with Gasteiger partial charge in [-0.2, -0.15) is 0 Å². The summed E-state index contributed by atoms with van der Waals surface area (Å²) in [5.74, 6) is 2.07. The molecule has 3 atom stereocenters. The lowest BCUT2D eigenvalue weighted by molar-refractivity contribution is 0.0459. The lowest BCUT2D eigenvalue weighted by Crippen LogP contribution is -2.55. The Labute approximate surface area is 300 Å². The Hall–Kier alpha value is -4.18. The zero-order valence-electron chi connectivity index (χ0n) is 30.9. The molecule has 2 bridgehead atoms. The van der Waals surface area contributed by atoms with Gasteiger partial charge in [0, 0.05) is 60.5 Å². The SMILES string of the molecule is CCOC1CCN(c2ccc3cc(-c4oc5cc(C(=O)N6CC7CCC6[C@@H]7N(C(=O)O)C(C)(C)C)cc(OC)c5c4C)n(CC4CC4)c3c2)CC1. The van der Waals surface area contributed by atoms with Crippen LogP contribution in [-0.4, -0.2) is 88.6 Å². The van der Waals surface area contributed by atoms with Gasteiger partial charge in [-0.1, -0.05) is 6.07 Å². The highest BCUT2D eigenvalue weighted by Gasteiger charge is 2.54. The van der Waals surface area contributed by atoms with Gasteiger partial charge < -0.3 is 33.4 Å². The minimum Gasteiger partial charge on any atom is -0.496 e. The number of carbonyl (C=O) groups excluding carboxylic acids is 1.